The van der Waals surface area contributed by atoms with E-state index in [1.807, 2.05) is 56.0 Å². The second kappa shape index (κ2) is 9.01. The molecule has 0 saturated carbocycles. The van der Waals surface area contributed by atoms with E-state index in [1.165, 1.54) is 0 Å². The number of carbonyl (C=O) groups excluding carboxylic acids is 3. The summed E-state index contributed by atoms with van der Waals surface area (Å²) in [6.45, 7) is 11.6. The van der Waals surface area contributed by atoms with E-state index in [2.05, 4.69) is 10.4 Å². The Morgan fingerprint density at radius 3 is 2.19 bits per heavy atom. The van der Waals surface area contributed by atoms with Crippen molar-refractivity contribution in [3.8, 4) is 5.69 Å². The van der Waals surface area contributed by atoms with Crippen LogP contribution in [0.25, 0.3) is 5.69 Å². The first kappa shape index (κ1) is 22.7. The van der Waals surface area contributed by atoms with Gasteiger partial charge in [0.25, 0.3) is 11.7 Å². The van der Waals surface area contributed by atoms with Crippen LogP contribution in [-0.2, 0) is 9.59 Å². The third-order valence-corrected chi connectivity index (χ3v) is 5.25. The third kappa shape index (κ3) is 5.38. The van der Waals surface area contributed by atoms with Gasteiger partial charge in [0.1, 0.15) is 0 Å². The Bertz CT molecular complexity index is 967. The zero-order valence-corrected chi connectivity index (χ0v) is 18.9. The van der Waals surface area contributed by atoms with Gasteiger partial charge in [-0.3, -0.25) is 19.3 Å². The molecule has 0 spiro atoms. The summed E-state index contributed by atoms with van der Waals surface area (Å²) in [4.78, 5) is 41.6. The highest BCUT2D eigenvalue weighted by Crippen LogP contribution is 2.19. The molecule has 0 bridgehead atoms. The first-order chi connectivity index (χ1) is 14.6. The van der Waals surface area contributed by atoms with Gasteiger partial charge in [-0.25, -0.2) is 4.68 Å². The number of ketones is 1. The normalized spacial score (nSPS) is 15.1. The monoisotopic (exact) mass is 425 g/mol. The largest absolute Gasteiger partial charge is 0.350 e. The molecule has 1 aliphatic rings. The molecular formula is C23H31N5O3. The lowest BCUT2D eigenvalue weighted by Crippen LogP contribution is -2.53. The number of hydrogen-bond donors (Lipinski definition) is 1. The van der Waals surface area contributed by atoms with Crippen LogP contribution in [0, 0.1) is 13.8 Å². The molecular weight excluding hydrogens is 394 g/mol. The molecule has 0 unspecified atom stereocenters. The van der Waals surface area contributed by atoms with Crippen LogP contribution >= 0.6 is 0 Å². The lowest BCUT2D eigenvalue weighted by molar-refractivity contribution is -0.129. The predicted molar refractivity (Wildman–Crippen MR) is 118 cm³/mol. The number of hydrogen-bond acceptors (Lipinski definition) is 5. The number of benzene rings is 1. The van der Waals surface area contributed by atoms with Crippen LogP contribution in [0.5, 0.6) is 0 Å². The molecule has 1 aromatic carbocycles. The highest BCUT2D eigenvalue weighted by molar-refractivity contribution is 6.43. The third-order valence-electron chi connectivity index (χ3n) is 5.25. The van der Waals surface area contributed by atoms with Gasteiger partial charge in [-0.2, -0.15) is 5.10 Å². The fourth-order valence-electron chi connectivity index (χ4n) is 3.81. The minimum atomic E-state index is -0.531. The highest BCUT2D eigenvalue weighted by atomic mass is 16.2. The van der Waals surface area contributed by atoms with Crippen molar-refractivity contribution in [1.29, 1.82) is 0 Å². The van der Waals surface area contributed by atoms with Crippen LogP contribution in [0.2, 0.25) is 0 Å². The Kier molecular flexibility index (Phi) is 6.59. The van der Waals surface area contributed by atoms with Gasteiger partial charge < -0.3 is 10.2 Å². The fourth-order valence-corrected chi connectivity index (χ4v) is 3.81. The summed E-state index contributed by atoms with van der Waals surface area (Å²) >= 11 is 0. The number of aromatic nitrogens is 2. The van der Waals surface area contributed by atoms with Crippen molar-refractivity contribution in [2.45, 2.75) is 40.2 Å². The number of aryl methyl sites for hydroxylation is 1. The van der Waals surface area contributed by atoms with Crippen LogP contribution in [0.15, 0.2) is 30.3 Å². The summed E-state index contributed by atoms with van der Waals surface area (Å²) in [5.41, 5.74) is 2.12. The van der Waals surface area contributed by atoms with E-state index in [9.17, 15) is 14.4 Å². The van der Waals surface area contributed by atoms with Crippen molar-refractivity contribution in [1.82, 2.24) is 24.9 Å². The zero-order chi connectivity index (χ0) is 22.8. The topological polar surface area (TPSA) is 87.5 Å². The number of para-hydroxylation sites is 1. The van der Waals surface area contributed by atoms with Crippen LogP contribution in [-0.4, -0.2) is 75.4 Å². The average Bonchev–Trinajstić information content (AvgIpc) is 3.00. The van der Waals surface area contributed by atoms with Crippen LogP contribution < -0.4 is 5.32 Å². The fraction of sp³-hybridized carbons (Fsp3) is 0.478. The van der Waals surface area contributed by atoms with E-state index in [-0.39, 0.29) is 18.0 Å². The second-order valence-electron chi connectivity index (χ2n) is 8.99. The van der Waals surface area contributed by atoms with Gasteiger partial charge >= 0.3 is 0 Å². The number of amides is 2. The molecule has 0 aliphatic carbocycles. The summed E-state index contributed by atoms with van der Waals surface area (Å²) in [5.74, 6) is -1.09. The minimum absolute atomic E-state index is 0.0390. The molecule has 3 rings (SSSR count). The van der Waals surface area contributed by atoms with Crippen LogP contribution in [0.3, 0.4) is 0 Å². The second-order valence-corrected chi connectivity index (χ2v) is 8.99. The van der Waals surface area contributed by atoms with Crippen LogP contribution in [0.1, 0.15) is 42.5 Å². The lowest BCUT2D eigenvalue weighted by atomic mass is 10.1. The van der Waals surface area contributed by atoms with E-state index < -0.39 is 11.7 Å². The molecule has 0 radical (unpaired) electrons. The van der Waals surface area contributed by atoms with E-state index in [0.29, 0.717) is 43.1 Å². The van der Waals surface area contributed by atoms with Crippen molar-refractivity contribution >= 4 is 17.6 Å². The Labute approximate surface area is 183 Å². The molecule has 1 N–H and O–H groups in total. The Hall–Kier alpha value is -3.00. The van der Waals surface area contributed by atoms with E-state index in [0.717, 1.165) is 5.69 Å². The highest BCUT2D eigenvalue weighted by Gasteiger charge is 2.31. The Morgan fingerprint density at radius 1 is 1.00 bits per heavy atom. The molecule has 1 saturated heterocycles. The predicted octanol–water partition coefficient (Wildman–Crippen LogP) is 1.73. The molecule has 0 atom stereocenters. The van der Waals surface area contributed by atoms with Crippen molar-refractivity contribution < 1.29 is 14.4 Å². The minimum Gasteiger partial charge on any atom is -0.350 e. The maximum absolute atomic E-state index is 13.0. The molecule has 166 valence electrons. The standard InChI is InChI=1S/C23H31N5O3/c1-16-20(17(2)28(25-16)18-9-7-6-8-10-18)21(30)22(31)27-13-11-26(12-14-27)15-19(29)24-23(3,4)5/h6-10H,11-15H2,1-5H3,(H,24,29). The Balaban J connectivity index is 1.64. The Morgan fingerprint density at radius 2 is 1.61 bits per heavy atom. The number of carbonyl (C=O) groups is 3. The van der Waals surface area contributed by atoms with Gasteiger partial charge in [-0.05, 0) is 46.8 Å². The zero-order valence-electron chi connectivity index (χ0n) is 18.9. The van der Waals surface area contributed by atoms with Gasteiger partial charge in [-0.1, -0.05) is 18.2 Å². The molecule has 2 heterocycles. The van der Waals surface area contributed by atoms with Gasteiger partial charge in [0.2, 0.25) is 5.91 Å². The summed E-state index contributed by atoms with van der Waals surface area (Å²) in [7, 11) is 0. The summed E-state index contributed by atoms with van der Waals surface area (Å²) in [6, 6.07) is 9.53. The average molecular weight is 426 g/mol. The van der Waals surface area contributed by atoms with Gasteiger partial charge in [0.05, 0.1) is 29.2 Å². The van der Waals surface area contributed by atoms with E-state index in [1.54, 1.807) is 23.4 Å². The molecule has 2 aromatic rings. The van der Waals surface area contributed by atoms with E-state index in [4.69, 9.17) is 0 Å². The number of piperazine rings is 1. The van der Waals surface area contributed by atoms with Gasteiger partial charge in [0, 0.05) is 31.7 Å². The molecule has 2 amide bonds. The van der Waals surface area contributed by atoms with Crippen molar-refractivity contribution in [3.63, 3.8) is 0 Å². The molecule has 1 aliphatic heterocycles. The van der Waals surface area contributed by atoms with E-state index >= 15 is 0 Å². The SMILES string of the molecule is Cc1nn(-c2ccccc2)c(C)c1C(=O)C(=O)N1CCN(CC(=O)NC(C)(C)C)CC1. The lowest BCUT2D eigenvalue weighted by Gasteiger charge is -2.34. The summed E-state index contributed by atoms with van der Waals surface area (Å²) in [6.07, 6.45) is 0. The maximum Gasteiger partial charge on any atom is 0.295 e. The van der Waals surface area contributed by atoms with Crippen molar-refractivity contribution in [3.05, 3.63) is 47.3 Å². The van der Waals surface area contributed by atoms with Crippen LogP contribution in [0.4, 0.5) is 0 Å². The first-order valence-corrected chi connectivity index (χ1v) is 10.6. The quantitative estimate of drug-likeness (QED) is 0.582. The molecule has 8 heteroatoms. The molecule has 8 nitrogen and oxygen atoms in total. The van der Waals surface area contributed by atoms with Crippen molar-refractivity contribution in [2.24, 2.45) is 0 Å². The van der Waals surface area contributed by atoms with Gasteiger partial charge in [0.15, 0.2) is 0 Å². The molecule has 31 heavy (non-hydrogen) atoms. The number of nitrogens with zero attached hydrogens (tertiary/aromatic N) is 4. The first-order valence-electron chi connectivity index (χ1n) is 10.6. The molecule has 1 aromatic heterocycles. The number of Topliss-reactive ketones (excluding diaryl/α,β-unsaturated/α-hetero) is 1. The maximum atomic E-state index is 13.0. The summed E-state index contributed by atoms with van der Waals surface area (Å²) in [5, 5.41) is 7.42. The smallest absolute Gasteiger partial charge is 0.295 e. The number of rotatable bonds is 5. The number of nitrogens with one attached hydrogen (secondary N) is 1. The van der Waals surface area contributed by atoms with Gasteiger partial charge in [-0.15, -0.1) is 0 Å². The summed E-state index contributed by atoms with van der Waals surface area (Å²) < 4.78 is 1.70. The molecule has 1 fully saturated rings. The van der Waals surface area contributed by atoms with Crippen molar-refractivity contribution in [2.75, 3.05) is 32.7 Å².